The van der Waals surface area contributed by atoms with Crippen LogP contribution in [0.2, 0.25) is 5.02 Å². The molecule has 1 atom stereocenters. The first kappa shape index (κ1) is 35.1. The minimum Gasteiger partial charge on any atom is -0.461 e. The van der Waals surface area contributed by atoms with Gasteiger partial charge < -0.3 is 29.1 Å². The topological polar surface area (TPSA) is 101 Å². The number of hydrogen-bond acceptors (Lipinski definition) is 10. The fourth-order valence-electron chi connectivity index (χ4n) is 9.07. The molecule has 0 spiro atoms. The van der Waals surface area contributed by atoms with Crippen molar-refractivity contribution in [1.29, 1.82) is 5.26 Å². The first-order chi connectivity index (χ1) is 25.4. The lowest BCUT2D eigenvalue weighted by Gasteiger charge is -2.42. The number of aromatic nitrogens is 2. The molecule has 52 heavy (non-hydrogen) atoms. The van der Waals surface area contributed by atoms with Crippen LogP contribution in [0.1, 0.15) is 43.4 Å². The second-order valence-corrected chi connectivity index (χ2v) is 15.7. The van der Waals surface area contributed by atoms with Crippen LogP contribution in [0.5, 0.6) is 6.01 Å². The number of nitrogens with zero attached hydrogens (tertiary/aromatic N) is 8. The summed E-state index contributed by atoms with van der Waals surface area (Å²) in [5, 5.41) is 12.8. The molecule has 0 radical (unpaired) electrons. The zero-order valence-corrected chi connectivity index (χ0v) is 30.9. The van der Waals surface area contributed by atoms with Gasteiger partial charge in [-0.05, 0) is 69.8 Å². The van der Waals surface area contributed by atoms with Crippen LogP contribution < -0.4 is 14.5 Å². The van der Waals surface area contributed by atoms with Crippen molar-refractivity contribution in [3.8, 4) is 12.1 Å². The summed E-state index contributed by atoms with van der Waals surface area (Å²) in [6.07, 6.45) is 9.32. The fourth-order valence-corrected chi connectivity index (χ4v) is 9.35. The van der Waals surface area contributed by atoms with Gasteiger partial charge in [-0.2, -0.15) is 15.2 Å². The Balaban J connectivity index is 1.04. The van der Waals surface area contributed by atoms with Gasteiger partial charge in [0.05, 0.1) is 54.5 Å². The monoisotopic (exact) mass is 724 g/mol. The number of anilines is 2. The number of ether oxygens (including phenoxy) is 2. The highest BCUT2D eigenvalue weighted by molar-refractivity contribution is 6.36. The van der Waals surface area contributed by atoms with Gasteiger partial charge in [-0.1, -0.05) is 41.9 Å². The number of likely N-dealkylation sites (N-methyl/N-ethyl adjacent to an activating group) is 1. The molecule has 274 valence electrons. The van der Waals surface area contributed by atoms with Crippen molar-refractivity contribution in [3.05, 3.63) is 64.8 Å². The molecular weight excluding hydrogens is 676 g/mol. The van der Waals surface area contributed by atoms with Crippen LogP contribution in [-0.4, -0.2) is 121 Å². The highest BCUT2D eigenvalue weighted by Crippen LogP contribution is 2.40. The smallest absolute Gasteiger partial charge is 0.318 e. The normalized spacial score (nSPS) is 21.8. The molecule has 11 nitrogen and oxygen atoms in total. The number of benzene rings is 2. The van der Waals surface area contributed by atoms with E-state index < -0.39 is 0 Å². The van der Waals surface area contributed by atoms with E-state index in [1.54, 1.807) is 6.08 Å². The number of hydrogen-bond donors (Lipinski definition) is 0. The van der Waals surface area contributed by atoms with Crippen LogP contribution in [0, 0.1) is 17.2 Å². The molecule has 3 aromatic rings. The van der Waals surface area contributed by atoms with Crippen LogP contribution >= 0.6 is 11.6 Å². The molecule has 4 saturated heterocycles. The maximum absolute atomic E-state index is 13.5. The Morgan fingerprint density at radius 3 is 2.67 bits per heavy atom. The van der Waals surface area contributed by atoms with Gasteiger partial charge in [-0.15, -0.1) is 0 Å². The van der Waals surface area contributed by atoms with E-state index in [1.807, 2.05) is 23.1 Å². The van der Waals surface area contributed by atoms with Crippen molar-refractivity contribution < 1.29 is 14.3 Å². The van der Waals surface area contributed by atoms with Gasteiger partial charge in [-0.25, -0.2) is 0 Å². The molecule has 6 heterocycles. The highest BCUT2D eigenvalue weighted by Gasteiger charge is 2.45. The van der Waals surface area contributed by atoms with Crippen molar-refractivity contribution in [2.24, 2.45) is 5.92 Å². The standard InChI is InChI=1S/C40H49ClN8O3/c1-45(23-29-26-51-27-29)17-4-11-36(50)49-22-21-47(24-31(49)12-16-42)38-32-13-20-46(35-10-3-8-30-7-2-9-33(41)37(30)35)25-34(32)43-39(44-38)52-28-40-14-5-18-48(40)19-6-15-40/h2-4,7-11,29,31H,5-6,12-15,17-28H2,1H3/b11-4+/t31-/m0/s1. The Morgan fingerprint density at radius 2 is 1.90 bits per heavy atom. The summed E-state index contributed by atoms with van der Waals surface area (Å²) in [7, 11) is 2.07. The summed E-state index contributed by atoms with van der Waals surface area (Å²) in [6.45, 7) is 9.18. The number of halogens is 1. The molecule has 0 aliphatic carbocycles. The second kappa shape index (κ2) is 15.2. The van der Waals surface area contributed by atoms with E-state index in [4.69, 9.17) is 31.0 Å². The van der Waals surface area contributed by atoms with Crippen molar-refractivity contribution >= 4 is 39.8 Å². The van der Waals surface area contributed by atoms with Gasteiger partial charge in [0, 0.05) is 67.9 Å². The maximum atomic E-state index is 13.5. The molecule has 1 amide bonds. The molecule has 0 saturated carbocycles. The van der Waals surface area contributed by atoms with Gasteiger partial charge in [0.15, 0.2) is 0 Å². The maximum Gasteiger partial charge on any atom is 0.318 e. The van der Waals surface area contributed by atoms with Gasteiger partial charge in [0.1, 0.15) is 12.4 Å². The number of nitriles is 1. The zero-order valence-electron chi connectivity index (χ0n) is 30.2. The fraction of sp³-hybridized carbons (Fsp3) is 0.550. The van der Waals surface area contributed by atoms with Crippen LogP contribution in [0.25, 0.3) is 10.8 Å². The van der Waals surface area contributed by atoms with Gasteiger partial charge >= 0.3 is 6.01 Å². The minimum absolute atomic E-state index is 0.0460. The first-order valence-electron chi connectivity index (χ1n) is 19.0. The molecule has 0 bridgehead atoms. The van der Waals surface area contributed by atoms with Crippen molar-refractivity contribution in [2.75, 3.05) is 89.0 Å². The average molecular weight is 725 g/mol. The number of rotatable bonds is 11. The van der Waals surface area contributed by atoms with Gasteiger partial charge in [0.25, 0.3) is 0 Å². The quantitative estimate of drug-likeness (QED) is 0.254. The third-order valence-corrected chi connectivity index (χ3v) is 12.1. The summed E-state index contributed by atoms with van der Waals surface area (Å²) in [5.74, 6) is 1.39. The molecule has 12 heteroatoms. The van der Waals surface area contributed by atoms with E-state index in [0.717, 1.165) is 97.2 Å². The van der Waals surface area contributed by atoms with Crippen LogP contribution in [0.15, 0.2) is 48.6 Å². The van der Waals surface area contributed by atoms with E-state index in [1.165, 1.54) is 12.8 Å². The molecule has 8 rings (SSSR count). The van der Waals surface area contributed by atoms with E-state index >= 15 is 0 Å². The third kappa shape index (κ3) is 7.06. The molecule has 5 aliphatic heterocycles. The zero-order chi connectivity index (χ0) is 35.7. The Bertz CT molecular complexity index is 1840. The van der Waals surface area contributed by atoms with Gasteiger partial charge in [0.2, 0.25) is 5.91 Å². The summed E-state index contributed by atoms with van der Waals surface area (Å²) in [6, 6.07) is 14.9. The Kier molecular flexibility index (Phi) is 10.3. The number of fused-ring (bicyclic) bond motifs is 3. The van der Waals surface area contributed by atoms with Crippen molar-refractivity contribution in [3.63, 3.8) is 0 Å². The van der Waals surface area contributed by atoms with E-state index in [0.29, 0.717) is 51.3 Å². The summed E-state index contributed by atoms with van der Waals surface area (Å²) < 4.78 is 11.9. The molecule has 2 aromatic carbocycles. The summed E-state index contributed by atoms with van der Waals surface area (Å²) in [5.41, 5.74) is 3.24. The molecule has 0 unspecified atom stereocenters. The lowest BCUT2D eigenvalue weighted by atomic mass is 9.95. The van der Waals surface area contributed by atoms with Crippen LogP contribution in [-0.2, 0) is 22.5 Å². The van der Waals surface area contributed by atoms with Gasteiger partial charge in [-0.3, -0.25) is 9.69 Å². The van der Waals surface area contributed by atoms with Crippen LogP contribution in [0.4, 0.5) is 11.5 Å². The lowest BCUT2D eigenvalue weighted by Crippen LogP contribution is -2.55. The Hall–Kier alpha value is -3.95. The molecule has 4 fully saturated rings. The number of amides is 1. The number of carbonyl (C=O) groups excluding carboxylic acids is 1. The predicted molar refractivity (Wildman–Crippen MR) is 203 cm³/mol. The molecule has 5 aliphatic rings. The number of piperazine rings is 1. The van der Waals surface area contributed by atoms with E-state index in [9.17, 15) is 10.1 Å². The lowest BCUT2D eigenvalue weighted by molar-refractivity contribution is -0.128. The SMILES string of the molecule is CN(C/C=C/C(=O)N1CCN(c2nc(OCC34CCCN3CCC4)nc3c2CCN(c2cccc4cccc(Cl)c24)C3)C[C@@H]1CC#N)CC1COC1. The van der Waals surface area contributed by atoms with Crippen LogP contribution in [0.3, 0.4) is 0 Å². The largest absolute Gasteiger partial charge is 0.461 e. The third-order valence-electron chi connectivity index (χ3n) is 11.8. The first-order valence-corrected chi connectivity index (χ1v) is 19.3. The average Bonchev–Trinajstić information content (AvgIpc) is 3.72. The summed E-state index contributed by atoms with van der Waals surface area (Å²) >= 11 is 6.78. The van der Waals surface area contributed by atoms with E-state index in [2.05, 4.69) is 57.0 Å². The minimum atomic E-state index is -0.252. The molecule has 0 N–H and O–H groups in total. The molecular formula is C40H49ClN8O3. The summed E-state index contributed by atoms with van der Waals surface area (Å²) in [4.78, 5) is 35.0. The Labute approximate surface area is 311 Å². The highest BCUT2D eigenvalue weighted by atomic mass is 35.5. The molecule has 1 aromatic heterocycles. The predicted octanol–water partition coefficient (Wildman–Crippen LogP) is 4.92. The van der Waals surface area contributed by atoms with Crippen molar-refractivity contribution in [2.45, 2.75) is 56.7 Å². The van der Waals surface area contributed by atoms with Crippen molar-refractivity contribution in [1.82, 2.24) is 24.7 Å². The number of carbonyl (C=O) groups is 1. The van der Waals surface area contributed by atoms with E-state index in [-0.39, 0.29) is 23.9 Å². The second-order valence-electron chi connectivity index (χ2n) is 15.3. The Morgan fingerprint density at radius 1 is 1.10 bits per heavy atom.